The fourth-order valence-electron chi connectivity index (χ4n) is 2.45. The number of halogens is 1. The van der Waals surface area contributed by atoms with E-state index in [2.05, 4.69) is 11.6 Å². The van der Waals surface area contributed by atoms with Crippen molar-refractivity contribution in [2.24, 2.45) is 4.99 Å². The summed E-state index contributed by atoms with van der Waals surface area (Å²) in [7, 11) is -3.32. The molecule has 0 spiro atoms. The molecule has 3 aromatic rings. The van der Waals surface area contributed by atoms with Crippen molar-refractivity contribution in [3.8, 4) is 0 Å². The molecule has 0 unspecified atom stereocenters. The van der Waals surface area contributed by atoms with E-state index in [0.29, 0.717) is 21.9 Å². The number of hydrogen-bond donors (Lipinski definition) is 0. The Morgan fingerprint density at radius 3 is 2.73 bits per heavy atom. The van der Waals surface area contributed by atoms with E-state index in [1.54, 1.807) is 48.5 Å². The van der Waals surface area contributed by atoms with Gasteiger partial charge in [-0.1, -0.05) is 35.1 Å². The number of amides is 1. The summed E-state index contributed by atoms with van der Waals surface area (Å²) in [6.07, 6.45) is 2.85. The summed E-state index contributed by atoms with van der Waals surface area (Å²) in [6, 6.07) is 11.4. The van der Waals surface area contributed by atoms with Crippen LogP contribution in [-0.2, 0) is 16.4 Å². The van der Waals surface area contributed by atoms with Crippen LogP contribution >= 0.6 is 22.9 Å². The lowest BCUT2D eigenvalue weighted by Crippen LogP contribution is -2.16. The maximum absolute atomic E-state index is 12.5. The highest BCUT2D eigenvalue weighted by Crippen LogP contribution is 2.22. The second-order valence-electron chi connectivity index (χ2n) is 5.61. The molecule has 1 aromatic heterocycles. The number of rotatable bonds is 4. The Hall–Kier alpha value is -2.22. The van der Waals surface area contributed by atoms with Gasteiger partial charge in [-0.25, -0.2) is 8.42 Å². The first-order valence-corrected chi connectivity index (χ1v) is 10.7. The largest absolute Gasteiger partial charge is 0.312 e. The van der Waals surface area contributed by atoms with Crippen molar-refractivity contribution >= 4 is 48.9 Å². The fourth-order valence-corrected chi connectivity index (χ4v) is 4.44. The first-order valence-electron chi connectivity index (χ1n) is 7.58. The smallest absolute Gasteiger partial charge is 0.279 e. The molecule has 0 bridgehead atoms. The Kier molecular flexibility index (Phi) is 5.13. The van der Waals surface area contributed by atoms with Crippen LogP contribution in [-0.4, -0.2) is 25.1 Å². The molecule has 3 rings (SSSR count). The molecule has 0 fully saturated rings. The molecule has 0 aliphatic rings. The highest BCUT2D eigenvalue weighted by molar-refractivity contribution is 7.90. The van der Waals surface area contributed by atoms with Gasteiger partial charge < -0.3 is 4.57 Å². The summed E-state index contributed by atoms with van der Waals surface area (Å²) in [4.78, 5) is 17.4. The standard InChI is InChI=1S/C18H15ClN2O3S2/c1-3-9-21-15-8-7-14(26(2,23)24)11-16(15)25-18(21)20-17(22)12-5-4-6-13(19)10-12/h3-8,10-11H,1,9H2,2H3. The lowest BCUT2D eigenvalue weighted by Gasteiger charge is -2.02. The number of allylic oxidation sites excluding steroid dienone is 1. The number of benzene rings is 2. The van der Waals surface area contributed by atoms with Gasteiger partial charge in [-0.2, -0.15) is 4.99 Å². The molecule has 0 aliphatic carbocycles. The molecule has 1 heterocycles. The lowest BCUT2D eigenvalue weighted by atomic mass is 10.2. The second-order valence-corrected chi connectivity index (χ2v) is 9.07. The van der Waals surface area contributed by atoms with Crippen LogP contribution in [0.5, 0.6) is 0 Å². The molecule has 0 aliphatic heterocycles. The average molecular weight is 407 g/mol. The molecule has 0 atom stereocenters. The lowest BCUT2D eigenvalue weighted by molar-refractivity contribution is 0.0998. The Morgan fingerprint density at radius 1 is 1.31 bits per heavy atom. The SMILES string of the molecule is C=CCn1c(=NC(=O)c2cccc(Cl)c2)sc2cc(S(C)(=O)=O)ccc21. The van der Waals surface area contributed by atoms with Crippen LogP contribution in [0.15, 0.2) is 65.0 Å². The van der Waals surface area contributed by atoms with E-state index in [-0.39, 0.29) is 4.90 Å². The zero-order valence-corrected chi connectivity index (χ0v) is 16.2. The molecule has 0 saturated heterocycles. The van der Waals surface area contributed by atoms with Gasteiger partial charge in [-0.3, -0.25) is 4.79 Å². The number of carbonyl (C=O) groups is 1. The summed E-state index contributed by atoms with van der Waals surface area (Å²) < 4.78 is 26.1. The van der Waals surface area contributed by atoms with E-state index in [9.17, 15) is 13.2 Å². The van der Waals surface area contributed by atoms with Gasteiger partial charge in [0, 0.05) is 23.4 Å². The topological polar surface area (TPSA) is 68.5 Å². The van der Waals surface area contributed by atoms with Gasteiger partial charge >= 0.3 is 0 Å². The van der Waals surface area contributed by atoms with E-state index in [4.69, 9.17) is 11.6 Å². The Balaban J connectivity index is 2.19. The van der Waals surface area contributed by atoms with Gasteiger partial charge in [-0.05, 0) is 36.4 Å². The minimum absolute atomic E-state index is 0.227. The summed E-state index contributed by atoms with van der Waals surface area (Å²) >= 11 is 7.18. The third kappa shape index (κ3) is 3.80. The minimum Gasteiger partial charge on any atom is -0.312 e. The Labute approximate surface area is 159 Å². The number of hydrogen-bond acceptors (Lipinski definition) is 4. The van der Waals surface area contributed by atoms with Crippen LogP contribution < -0.4 is 4.80 Å². The maximum Gasteiger partial charge on any atom is 0.279 e. The van der Waals surface area contributed by atoms with E-state index in [1.165, 1.54) is 11.3 Å². The maximum atomic E-state index is 12.5. The molecule has 26 heavy (non-hydrogen) atoms. The predicted molar refractivity (Wildman–Crippen MR) is 104 cm³/mol. The zero-order valence-electron chi connectivity index (χ0n) is 13.8. The van der Waals surface area contributed by atoms with Crippen molar-refractivity contribution < 1.29 is 13.2 Å². The number of aromatic nitrogens is 1. The van der Waals surface area contributed by atoms with Gasteiger partial charge in [0.05, 0.1) is 15.1 Å². The average Bonchev–Trinajstić information content (AvgIpc) is 2.91. The molecular weight excluding hydrogens is 392 g/mol. The van der Waals surface area contributed by atoms with Gasteiger partial charge in [-0.15, -0.1) is 6.58 Å². The molecule has 134 valence electrons. The van der Waals surface area contributed by atoms with Gasteiger partial charge in [0.15, 0.2) is 14.6 Å². The predicted octanol–water partition coefficient (Wildman–Crippen LogP) is 3.69. The van der Waals surface area contributed by atoms with Crippen molar-refractivity contribution in [1.82, 2.24) is 4.57 Å². The van der Waals surface area contributed by atoms with Crippen LogP contribution in [0.4, 0.5) is 0 Å². The zero-order chi connectivity index (χ0) is 18.9. The number of nitrogens with zero attached hydrogens (tertiary/aromatic N) is 2. The Morgan fingerprint density at radius 2 is 2.08 bits per heavy atom. The molecule has 2 aromatic carbocycles. The summed E-state index contributed by atoms with van der Waals surface area (Å²) in [5.74, 6) is -0.416. The van der Waals surface area contributed by atoms with E-state index < -0.39 is 15.7 Å². The molecular formula is C18H15ClN2O3S2. The first kappa shape index (κ1) is 18.6. The van der Waals surface area contributed by atoms with Crippen LogP contribution in [0, 0.1) is 0 Å². The van der Waals surface area contributed by atoms with Crippen LogP contribution in [0.3, 0.4) is 0 Å². The molecule has 0 N–H and O–H groups in total. The van der Waals surface area contributed by atoms with Gasteiger partial charge in [0.1, 0.15) is 0 Å². The van der Waals surface area contributed by atoms with Crippen LogP contribution in [0.1, 0.15) is 10.4 Å². The van der Waals surface area contributed by atoms with E-state index in [0.717, 1.165) is 16.5 Å². The molecule has 0 saturated carbocycles. The van der Waals surface area contributed by atoms with Crippen molar-refractivity contribution in [3.05, 3.63) is 70.5 Å². The Bertz CT molecular complexity index is 1190. The van der Waals surface area contributed by atoms with E-state index in [1.807, 2.05) is 4.57 Å². The van der Waals surface area contributed by atoms with Gasteiger partial charge in [0.25, 0.3) is 5.91 Å². The van der Waals surface area contributed by atoms with Crippen molar-refractivity contribution in [2.75, 3.05) is 6.26 Å². The summed E-state index contributed by atoms with van der Waals surface area (Å²) in [5, 5.41) is 0.458. The van der Waals surface area contributed by atoms with Gasteiger partial charge in [0.2, 0.25) is 0 Å². The highest BCUT2D eigenvalue weighted by Gasteiger charge is 2.13. The second kappa shape index (κ2) is 7.19. The van der Waals surface area contributed by atoms with Crippen LogP contribution in [0.25, 0.3) is 10.2 Å². The number of fused-ring (bicyclic) bond motifs is 1. The highest BCUT2D eigenvalue weighted by atomic mass is 35.5. The number of thiazole rings is 1. The normalized spacial score (nSPS) is 12.5. The minimum atomic E-state index is -3.32. The molecule has 0 radical (unpaired) electrons. The fraction of sp³-hybridized carbons (Fsp3) is 0.111. The van der Waals surface area contributed by atoms with Crippen molar-refractivity contribution in [1.29, 1.82) is 0 Å². The van der Waals surface area contributed by atoms with Crippen molar-refractivity contribution in [2.45, 2.75) is 11.4 Å². The van der Waals surface area contributed by atoms with Crippen LogP contribution in [0.2, 0.25) is 5.02 Å². The molecule has 1 amide bonds. The number of carbonyl (C=O) groups excluding carboxylic acids is 1. The van der Waals surface area contributed by atoms with Crippen molar-refractivity contribution in [3.63, 3.8) is 0 Å². The van der Waals surface area contributed by atoms with E-state index >= 15 is 0 Å². The molecule has 5 nitrogen and oxygen atoms in total. The number of sulfone groups is 1. The molecule has 8 heteroatoms. The third-order valence-corrected chi connectivity index (χ3v) is 6.05. The quantitative estimate of drug-likeness (QED) is 0.620. The monoisotopic (exact) mass is 406 g/mol. The third-order valence-electron chi connectivity index (χ3n) is 3.66. The summed E-state index contributed by atoms with van der Waals surface area (Å²) in [6.45, 7) is 4.18. The summed E-state index contributed by atoms with van der Waals surface area (Å²) in [5.41, 5.74) is 1.18. The first-order chi connectivity index (χ1) is 12.3.